The highest BCUT2D eigenvalue weighted by atomic mass is 79.9. The minimum atomic E-state index is 0.569. The molecule has 13 heavy (non-hydrogen) atoms. The zero-order chi connectivity index (χ0) is 9.68. The first kappa shape index (κ1) is 10.6. The van der Waals surface area contributed by atoms with Crippen LogP contribution in [0, 0.1) is 0 Å². The zero-order valence-corrected chi connectivity index (χ0v) is 9.67. The summed E-state index contributed by atoms with van der Waals surface area (Å²) in [6.45, 7) is 2.18. The first-order chi connectivity index (χ1) is 6.26. The second kappa shape index (κ2) is 5.28. The second-order valence-corrected chi connectivity index (χ2v) is 4.36. The second-order valence-electron chi connectivity index (χ2n) is 3.06. The van der Waals surface area contributed by atoms with Crippen molar-refractivity contribution >= 4 is 15.9 Å². The van der Waals surface area contributed by atoms with E-state index in [-0.39, 0.29) is 0 Å². The molecular formula is C11H15BrO. The van der Waals surface area contributed by atoms with Crippen LogP contribution < -0.4 is 4.74 Å². The van der Waals surface area contributed by atoms with Gasteiger partial charge in [0.15, 0.2) is 0 Å². The fourth-order valence-electron chi connectivity index (χ4n) is 1.20. The molecule has 1 aromatic carbocycles. The molecule has 1 atom stereocenters. The van der Waals surface area contributed by atoms with Crippen LogP contribution in [-0.2, 0) is 6.42 Å². The Hall–Kier alpha value is -0.500. The van der Waals surface area contributed by atoms with Gasteiger partial charge in [-0.3, -0.25) is 0 Å². The summed E-state index contributed by atoms with van der Waals surface area (Å²) in [5.41, 5.74) is 1.32. The highest BCUT2D eigenvalue weighted by Crippen LogP contribution is 2.17. The van der Waals surface area contributed by atoms with Crippen LogP contribution in [0.5, 0.6) is 5.75 Å². The summed E-state index contributed by atoms with van der Waals surface area (Å²) in [5, 5.41) is 0. The van der Waals surface area contributed by atoms with Gasteiger partial charge in [0.05, 0.1) is 7.11 Å². The van der Waals surface area contributed by atoms with Crippen molar-refractivity contribution in [1.29, 1.82) is 0 Å². The van der Waals surface area contributed by atoms with Crippen molar-refractivity contribution in [2.75, 3.05) is 7.11 Å². The molecule has 72 valence electrons. The molecule has 0 saturated heterocycles. The van der Waals surface area contributed by atoms with Gasteiger partial charge in [-0.05, 0) is 30.5 Å². The monoisotopic (exact) mass is 242 g/mol. The Kier molecular flexibility index (Phi) is 4.29. The number of rotatable bonds is 4. The topological polar surface area (TPSA) is 9.23 Å². The lowest BCUT2D eigenvalue weighted by atomic mass is 10.1. The molecule has 0 bridgehead atoms. The van der Waals surface area contributed by atoms with Crippen molar-refractivity contribution in [1.82, 2.24) is 0 Å². The largest absolute Gasteiger partial charge is 0.497 e. The Morgan fingerprint density at radius 1 is 1.46 bits per heavy atom. The standard InChI is InChI=1S/C11H15BrO/c1-3-10(12)7-9-5-4-6-11(8-9)13-2/h4-6,8,10H,3,7H2,1-2H3. The van der Waals surface area contributed by atoms with E-state index in [1.165, 1.54) is 5.56 Å². The molecule has 1 aromatic rings. The predicted octanol–water partition coefficient (Wildman–Crippen LogP) is 3.41. The van der Waals surface area contributed by atoms with E-state index < -0.39 is 0 Å². The smallest absolute Gasteiger partial charge is 0.119 e. The van der Waals surface area contributed by atoms with Crippen molar-refractivity contribution in [2.24, 2.45) is 0 Å². The molecule has 0 aromatic heterocycles. The van der Waals surface area contributed by atoms with Crippen LogP contribution in [-0.4, -0.2) is 11.9 Å². The van der Waals surface area contributed by atoms with Crippen LogP contribution in [0.25, 0.3) is 0 Å². The number of benzene rings is 1. The average molecular weight is 243 g/mol. The van der Waals surface area contributed by atoms with E-state index in [4.69, 9.17) is 4.74 Å². The maximum absolute atomic E-state index is 5.15. The summed E-state index contributed by atoms with van der Waals surface area (Å²) in [7, 11) is 1.70. The SMILES string of the molecule is CCC(Br)Cc1cccc(OC)c1. The van der Waals surface area contributed by atoms with Gasteiger partial charge < -0.3 is 4.74 Å². The summed E-state index contributed by atoms with van der Waals surface area (Å²) in [6.07, 6.45) is 2.21. The van der Waals surface area contributed by atoms with Gasteiger partial charge in [-0.25, -0.2) is 0 Å². The molecule has 1 rings (SSSR count). The van der Waals surface area contributed by atoms with E-state index in [2.05, 4.69) is 35.0 Å². The molecule has 0 amide bonds. The van der Waals surface area contributed by atoms with Crippen molar-refractivity contribution < 1.29 is 4.74 Å². The Labute approximate surface area is 88.2 Å². The Morgan fingerprint density at radius 2 is 2.23 bits per heavy atom. The lowest BCUT2D eigenvalue weighted by Gasteiger charge is -2.07. The number of hydrogen-bond acceptors (Lipinski definition) is 1. The van der Waals surface area contributed by atoms with E-state index in [0.717, 1.165) is 18.6 Å². The van der Waals surface area contributed by atoms with Gasteiger partial charge in [0.1, 0.15) is 5.75 Å². The molecule has 0 saturated carbocycles. The molecule has 1 unspecified atom stereocenters. The van der Waals surface area contributed by atoms with Gasteiger partial charge in [-0.2, -0.15) is 0 Å². The first-order valence-electron chi connectivity index (χ1n) is 4.53. The highest BCUT2D eigenvalue weighted by Gasteiger charge is 2.02. The van der Waals surface area contributed by atoms with Crippen LogP contribution in [0.4, 0.5) is 0 Å². The van der Waals surface area contributed by atoms with Crippen molar-refractivity contribution in [3.05, 3.63) is 29.8 Å². The van der Waals surface area contributed by atoms with Crippen molar-refractivity contribution in [2.45, 2.75) is 24.6 Å². The molecule has 0 N–H and O–H groups in total. The number of alkyl halides is 1. The summed E-state index contributed by atoms with van der Waals surface area (Å²) < 4.78 is 5.15. The van der Waals surface area contributed by atoms with Crippen LogP contribution >= 0.6 is 15.9 Å². The molecule has 0 spiro atoms. The molecule has 1 nitrogen and oxygen atoms in total. The normalized spacial score (nSPS) is 12.5. The van der Waals surface area contributed by atoms with E-state index >= 15 is 0 Å². The van der Waals surface area contributed by atoms with Crippen LogP contribution in [0.2, 0.25) is 0 Å². The third-order valence-electron chi connectivity index (χ3n) is 2.03. The number of methoxy groups -OCH3 is 1. The summed E-state index contributed by atoms with van der Waals surface area (Å²) >= 11 is 3.62. The lowest BCUT2D eigenvalue weighted by Crippen LogP contribution is -2.00. The van der Waals surface area contributed by atoms with E-state index in [1.54, 1.807) is 7.11 Å². The predicted molar refractivity (Wildman–Crippen MR) is 59.7 cm³/mol. The van der Waals surface area contributed by atoms with Crippen LogP contribution in [0.3, 0.4) is 0 Å². The average Bonchev–Trinajstić information content (AvgIpc) is 2.18. The fourth-order valence-corrected chi connectivity index (χ4v) is 1.57. The molecule has 0 aliphatic carbocycles. The first-order valence-corrected chi connectivity index (χ1v) is 5.44. The summed E-state index contributed by atoms with van der Waals surface area (Å²) in [4.78, 5) is 0.569. The van der Waals surface area contributed by atoms with Gasteiger partial charge in [0, 0.05) is 4.83 Å². The lowest BCUT2D eigenvalue weighted by molar-refractivity contribution is 0.414. The third-order valence-corrected chi connectivity index (χ3v) is 3.01. The molecule has 0 fully saturated rings. The number of halogens is 1. The minimum Gasteiger partial charge on any atom is -0.497 e. The third kappa shape index (κ3) is 3.39. The van der Waals surface area contributed by atoms with E-state index in [9.17, 15) is 0 Å². The van der Waals surface area contributed by atoms with Crippen molar-refractivity contribution in [3.63, 3.8) is 0 Å². The highest BCUT2D eigenvalue weighted by molar-refractivity contribution is 9.09. The van der Waals surface area contributed by atoms with Crippen molar-refractivity contribution in [3.8, 4) is 5.75 Å². The fraction of sp³-hybridized carbons (Fsp3) is 0.455. The molecule has 0 aliphatic rings. The van der Waals surface area contributed by atoms with Gasteiger partial charge in [-0.1, -0.05) is 35.0 Å². The van der Waals surface area contributed by atoms with Gasteiger partial charge >= 0.3 is 0 Å². The molecule has 0 radical (unpaired) electrons. The van der Waals surface area contributed by atoms with Crippen LogP contribution in [0.1, 0.15) is 18.9 Å². The maximum Gasteiger partial charge on any atom is 0.119 e. The minimum absolute atomic E-state index is 0.569. The zero-order valence-electron chi connectivity index (χ0n) is 8.09. The Balaban J connectivity index is 2.66. The summed E-state index contributed by atoms with van der Waals surface area (Å²) in [5.74, 6) is 0.938. The molecule has 0 heterocycles. The quantitative estimate of drug-likeness (QED) is 0.736. The maximum atomic E-state index is 5.15. The molecule has 0 aliphatic heterocycles. The van der Waals surface area contributed by atoms with Gasteiger partial charge in [-0.15, -0.1) is 0 Å². The Morgan fingerprint density at radius 3 is 2.85 bits per heavy atom. The van der Waals surface area contributed by atoms with Gasteiger partial charge in [0.2, 0.25) is 0 Å². The van der Waals surface area contributed by atoms with E-state index in [0.29, 0.717) is 4.83 Å². The number of ether oxygens (including phenoxy) is 1. The van der Waals surface area contributed by atoms with E-state index in [1.807, 2.05) is 12.1 Å². The van der Waals surface area contributed by atoms with Gasteiger partial charge in [0.25, 0.3) is 0 Å². The molecule has 2 heteroatoms. The number of hydrogen-bond donors (Lipinski definition) is 0. The molecular weight excluding hydrogens is 228 g/mol. The van der Waals surface area contributed by atoms with Crippen LogP contribution in [0.15, 0.2) is 24.3 Å². The summed E-state index contributed by atoms with van der Waals surface area (Å²) in [6, 6.07) is 8.22. The Bertz CT molecular complexity index is 260.